The molecule has 0 spiro atoms. The van der Waals surface area contributed by atoms with Crippen LogP contribution in [0, 0.1) is 0 Å². The van der Waals surface area contributed by atoms with Crippen LogP contribution in [0.25, 0.3) is 10.9 Å². The maximum Gasteiger partial charge on any atom is 0.122 e. The molecule has 3 heteroatoms. The van der Waals surface area contributed by atoms with Gasteiger partial charge in [0.15, 0.2) is 0 Å². The number of carbonyl (C=O) groups is 1. The van der Waals surface area contributed by atoms with Gasteiger partial charge in [-0.25, -0.2) is 0 Å². The smallest absolute Gasteiger partial charge is 0.122 e. The molecule has 88 valence electrons. The number of hydrogen-bond donors (Lipinski definition) is 1. The Morgan fingerprint density at radius 3 is 2.82 bits per heavy atom. The molecule has 1 aromatic carbocycles. The normalized spacial score (nSPS) is 14.5. The summed E-state index contributed by atoms with van der Waals surface area (Å²) in [5.41, 5.74) is 0.694. The number of nitrogens with zero attached hydrogens (tertiary/aromatic N) is 1. The van der Waals surface area contributed by atoms with E-state index in [4.69, 9.17) is 0 Å². The Morgan fingerprint density at radius 1 is 1.29 bits per heavy atom. The lowest BCUT2D eigenvalue weighted by Crippen LogP contribution is -2.28. The van der Waals surface area contributed by atoms with E-state index in [1.165, 1.54) is 0 Å². The topological polar surface area (TPSA) is 50.2 Å². The second-order valence-corrected chi connectivity index (χ2v) is 4.54. The number of pyridine rings is 1. The van der Waals surface area contributed by atoms with Crippen molar-refractivity contribution in [2.45, 2.75) is 25.4 Å². The van der Waals surface area contributed by atoms with Gasteiger partial charge in [0.05, 0.1) is 11.1 Å². The van der Waals surface area contributed by atoms with Gasteiger partial charge in [-0.1, -0.05) is 24.3 Å². The largest absolute Gasteiger partial charge is 0.389 e. The molecular formula is C14H15NO2. The molecule has 17 heavy (non-hydrogen) atoms. The van der Waals surface area contributed by atoms with Crippen LogP contribution in [0.2, 0.25) is 0 Å². The minimum Gasteiger partial charge on any atom is -0.389 e. The zero-order valence-electron chi connectivity index (χ0n) is 9.76. The number of para-hydroxylation sites is 1. The Bertz CT molecular complexity index is 534. The predicted octanol–water partition coefficient (Wildman–Crippen LogP) is 2.12. The second-order valence-electron chi connectivity index (χ2n) is 4.54. The average molecular weight is 229 g/mol. The van der Waals surface area contributed by atoms with Crippen LogP contribution in [0.3, 0.4) is 0 Å². The molecule has 1 unspecified atom stereocenters. The lowest BCUT2D eigenvalue weighted by Gasteiger charge is -2.19. The van der Waals surface area contributed by atoms with Crippen molar-refractivity contribution in [3.8, 4) is 0 Å². The van der Waals surface area contributed by atoms with Gasteiger partial charge in [-0.05, 0) is 19.1 Å². The Balaban J connectivity index is 2.28. The molecule has 3 nitrogen and oxygen atoms in total. The maximum absolute atomic E-state index is 10.4. The number of aromatic nitrogens is 1. The van der Waals surface area contributed by atoms with Crippen LogP contribution in [0.4, 0.5) is 0 Å². The number of hydrogen-bond acceptors (Lipinski definition) is 3. The summed E-state index contributed by atoms with van der Waals surface area (Å²) >= 11 is 0. The van der Waals surface area contributed by atoms with Gasteiger partial charge in [0, 0.05) is 23.9 Å². The van der Waals surface area contributed by atoms with Gasteiger partial charge in [0.25, 0.3) is 0 Å². The van der Waals surface area contributed by atoms with E-state index in [1.807, 2.05) is 36.4 Å². The number of aldehydes is 1. The lowest BCUT2D eigenvalue weighted by molar-refractivity contribution is -0.111. The summed E-state index contributed by atoms with van der Waals surface area (Å²) in [6.07, 6.45) is 1.25. The number of carbonyl (C=O) groups excluding carboxylic acids is 1. The summed E-state index contributed by atoms with van der Waals surface area (Å²) in [5.74, 6) is 0. The molecule has 0 fully saturated rings. The highest BCUT2D eigenvalue weighted by Gasteiger charge is 2.21. The average Bonchev–Trinajstić information content (AvgIpc) is 2.28. The fourth-order valence-corrected chi connectivity index (χ4v) is 1.85. The Labute approximate surface area is 100 Å². The molecule has 0 amide bonds. The molecule has 0 aliphatic carbocycles. The molecule has 0 aliphatic heterocycles. The number of aliphatic hydroxyl groups is 1. The Kier molecular flexibility index (Phi) is 3.20. The molecule has 2 rings (SSSR count). The predicted molar refractivity (Wildman–Crippen MR) is 66.8 cm³/mol. The van der Waals surface area contributed by atoms with Gasteiger partial charge in [-0.2, -0.15) is 0 Å². The van der Waals surface area contributed by atoms with E-state index in [-0.39, 0.29) is 6.42 Å². The SMILES string of the molecule is CC(O)(CC=O)Cc1ccc2ccccc2n1. The zero-order chi connectivity index (χ0) is 12.3. The summed E-state index contributed by atoms with van der Waals surface area (Å²) in [6, 6.07) is 11.7. The summed E-state index contributed by atoms with van der Waals surface area (Å²) < 4.78 is 0. The second kappa shape index (κ2) is 4.63. The van der Waals surface area contributed by atoms with Crippen molar-refractivity contribution < 1.29 is 9.90 Å². The van der Waals surface area contributed by atoms with Crippen molar-refractivity contribution in [3.63, 3.8) is 0 Å². The van der Waals surface area contributed by atoms with E-state index in [0.29, 0.717) is 6.42 Å². The number of benzene rings is 1. The van der Waals surface area contributed by atoms with Crippen LogP contribution in [-0.4, -0.2) is 22.0 Å². The first-order valence-corrected chi connectivity index (χ1v) is 5.61. The number of rotatable bonds is 4. The van der Waals surface area contributed by atoms with Gasteiger partial charge in [-0.15, -0.1) is 0 Å². The van der Waals surface area contributed by atoms with Gasteiger partial charge in [-0.3, -0.25) is 4.98 Å². The van der Waals surface area contributed by atoms with E-state index in [9.17, 15) is 9.90 Å². The molecular weight excluding hydrogens is 214 g/mol. The third-order valence-corrected chi connectivity index (χ3v) is 2.74. The molecule has 0 aliphatic rings. The summed E-state index contributed by atoms with van der Waals surface area (Å²) in [5, 5.41) is 11.0. The third kappa shape index (κ3) is 2.88. The zero-order valence-corrected chi connectivity index (χ0v) is 9.76. The van der Waals surface area contributed by atoms with E-state index >= 15 is 0 Å². The van der Waals surface area contributed by atoms with Crippen LogP contribution in [0.1, 0.15) is 19.0 Å². The highest BCUT2D eigenvalue weighted by molar-refractivity contribution is 5.78. The molecule has 2 aromatic rings. The van der Waals surface area contributed by atoms with Crippen LogP contribution in [0.15, 0.2) is 36.4 Å². The molecule has 1 N–H and O–H groups in total. The number of fused-ring (bicyclic) bond motifs is 1. The van der Waals surface area contributed by atoms with Crippen molar-refractivity contribution >= 4 is 17.2 Å². The Morgan fingerprint density at radius 2 is 2.06 bits per heavy atom. The molecule has 0 saturated carbocycles. The van der Waals surface area contributed by atoms with E-state index in [2.05, 4.69) is 4.98 Å². The maximum atomic E-state index is 10.4. The highest BCUT2D eigenvalue weighted by Crippen LogP contribution is 2.17. The first kappa shape index (κ1) is 11.7. The van der Waals surface area contributed by atoms with Crippen molar-refractivity contribution in [1.29, 1.82) is 0 Å². The van der Waals surface area contributed by atoms with E-state index < -0.39 is 5.60 Å². The quantitative estimate of drug-likeness (QED) is 0.817. The summed E-state index contributed by atoms with van der Waals surface area (Å²) in [6.45, 7) is 1.65. The van der Waals surface area contributed by atoms with Gasteiger partial charge in [0.2, 0.25) is 0 Å². The van der Waals surface area contributed by atoms with Crippen LogP contribution < -0.4 is 0 Å². The van der Waals surface area contributed by atoms with Crippen LogP contribution in [0.5, 0.6) is 0 Å². The van der Waals surface area contributed by atoms with Crippen LogP contribution >= 0.6 is 0 Å². The minimum absolute atomic E-state index is 0.126. The van der Waals surface area contributed by atoms with E-state index in [0.717, 1.165) is 22.9 Å². The minimum atomic E-state index is -1.02. The molecule has 0 bridgehead atoms. The fourth-order valence-electron chi connectivity index (χ4n) is 1.85. The molecule has 0 radical (unpaired) electrons. The van der Waals surface area contributed by atoms with Crippen LogP contribution in [-0.2, 0) is 11.2 Å². The molecule has 1 atom stereocenters. The summed E-state index contributed by atoms with van der Waals surface area (Å²) in [4.78, 5) is 14.9. The standard InChI is InChI=1S/C14H15NO2/c1-14(17,8-9-16)10-12-7-6-11-4-2-3-5-13(11)15-12/h2-7,9,17H,8,10H2,1H3. The van der Waals surface area contributed by atoms with Gasteiger partial charge < -0.3 is 9.90 Å². The lowest BCUT2D eigenvalue weighted by atomic mass is 9.96. The van der Waals surface area contributed by atoms with Gasteiger partial charge in [0.1, 0.15) is 6.29 Å². The van der Waals surface area contributed by atoms with Crippen molar-refractivity contribution in [3.05, 3.63) is 42.1 Å². The van der Waals surface area contributed by atoms with Crippen molar-refractivity contribution in [2.75, 3.05) is 0 Å². The first-order valence-electron chi connectivity index (χ1n) is 5.61. The van der Waals surface area contributed by atoms with E-state index in [1.54, 1.807) is 6.92 Å². The van der Waals surface area contributed by atoms with Gasteiger partial charge >= 0.3 is 0 Å². The first-order chi connectivity index (χ1) is 8.11. The summed E-state index contributed by atoms with van der Waals surface area (Å²) in [7, 11) is 0. The molecule has 0 saturated heterocycles. The fraction of sp³-hybridized carbons (Fsp3) is 0.286. The third-order valence-electron chi connectivity index (χ3n) is 2.74. The van der Waals surface area contributed by atoms with Crippen molar-refractivity contribution in [1.82, 2.24) is 4.98 Å². The highest BCUT2D eigenvalue weighted by atomic mass is 16.3. The Hall–Kier alpha value is -1.74. The molecule has 1 heterocycles. The monoisotopic (exact) mass is 229 g/mol. The van der Waals surface area contributed by atoms with Crippen molar-refractivity contribution in [2.24, 2.45) is 0 Å². The molecule has 1 aromatic heterocycles.